The van der Waals surface area contributed by atoms with Gasteiger partial charge in [-0.2, -0.15) is 0 Å². The quantitative estimate of drug-likeness (QED) is 0.722. The van der Waals surface area contributed by atoms with E-state index in [4.69, 9.17) is 4.74 Å². The van der Waals surface area contributed by atoms with Gasteiger partial charge in [0.25, 0.3) is 0 Å². The maximum Gasteiger partial charge on any atom is 0.244 e. The number of aliphatic hydroxyl groups excluding tert-OH is 1. The Morgan fingerprint density at radius 2 is 1.95 bits per heavy atom. The Bertz CT molecular complexity index is 454. The number of nitrogens with one attached hydrogen (secondary N) is 1. The predicted octanol–water partition coefficient (Wildman–Crippen LogP) is 2.24. The lowest BCUT2D eigenvalue weighted by Gasteiger charge is -2.13. The number of amides is 1. The lowest BCUT2D eigenvalue weighted by Crippen LogP contribution is -2.34. The number of aliphatic hydroxyl groups is 1. The second-order valence-electron chi connectivity index (χ2n) is 5.52. The van der Waals surface area contributed by atoms with Gasteiger partial charge in [0.2, 0.25) is 5.91 Å². The van der Waals surface area contributed by atoms with Crippen LogP contribution in [0.25, 0.3) is 5.57 Å². The third-order valence-electron chi connectivity index (χ3n) is 2.85. The van der Waals surface area contributed by atoms with E-state index in [1.54, 1.807) is 0 Å². The Labute approximate surface area is 126 Å². The second-order valence-corrected chi connectivity index (χ2v) is 5.52. The van der Waals surface area contributed by atoms with Gasteiger partial charge in [-0.25, -0.2) is 0 Å². The van der Waals surface area contributed by atoms with Crippen molar-refractivity contribution in [3.8, 4) is 0 Å². The zero-order valence-corrected chi connectivity index (χ0v) is 13.0. The van der Waals surface area contributed by atoms with Crippen molar-refractivity contribution in [1.29, 1.82) is 0 Å². The van der Waals surface area contributed by atoms with Gasteiger partial charge in [-0.05, 0) is 24.0 Å². The van der Waals surface area contributed by atoms with E-state index in [0.29, 0.717) is 12.5 Å². The molecule has 0 aliphatic heterocycles. The monoisotopic (exact) mass is 291 g/mol. The fraction of sp³-hybridized carbons (Fsp3) is 0.471. The summed E-state index contributed by atoms with van der Waals surface area (Å²) in [5, 5.41) is 12.4. The highest BCUT2D eigenvalue weighted by Crippen LogP contribution is 2.11. The minimum absolute atomic E-state index is 0.190. The first kappa shape index (κ1) is 17.4. The van der Waals surface area contributed by atoms with Crippen molar-refractivity contribution in [1.82, 2.24) is 5.32 Å². The highest BCUT2D eigenvalue weighted by Gasteiger charge is 2.07. The first-order valence-corrected chi connectivity index (χ1v) is 7.26. The molecule has 0 saturated heterocycles. The van der Waals surface area contributed by atoms with Crippen LogP contribution in [0.1, 0.15) is 26.3 Å². The molecule has 1 rings (SSSR count). The van der Waals surface area contributed by atoms with Crippen molar-refractivity contribution >= 4 is 11.5 Å². The molecule has 1 aromatic carbocycles. The van der Waals surface area contributed by atoms with Gasteiger partial charge < -0.3 is 15.2 Å². The Morgan fingerprint density at radius 1 is 1.29 bits per heavy atom. The first-order chi connectivity index (χ1) is 9.99. The van der Waals surface area contributed by atoms with Gasteiger partial charge in [0, 0.05) is 19.2 Å². The molecular weight excluding hydrogens is 266 g/mol. The van der Waals surface area contributed by atoms with Crippen LogP contribution in [0.5, 0.6) is 0 Å². The van der Waals surface area contributed by atoms with Gasteiger partial charge in [0.05, 0.1) is 12.7 Å². The Morgan fingerprint density at radius 3 is 2.57 bits per heavy atom. The zero-order valence-electron chi connectivity index (χ0n) is 13.0. The van der Waals surface area contributed by atoms with Gasteiger partial charge in [0.1, 0.15) is 0 Å². The molecule has 1 amide bonds. The van der Waals surface area contributed by atoms with E-state index >= 15 is 0 Å². The molecule has 0 fully saturated rings. The van der Waals surface area contributed by atoms with Crippen LogP contribution in [0.4, 0.5) is 0 Å². The minimum Gasteiger partial charge on any atom is -0.389 e. The summed E-state index contributed by atoms with van der Waals surface area (Å²) in [5.74, 6) is 0.225. The fourth-order valence-electron chi connectivity index (χ4n) is 1.75. The lowest BCUT2D eigenvalue weighted by atomic mass is 10.1. The molecule has 4 heteroatoms. The van der Waals surface area contributed by atoms with Crippen molar-refractivity contribution in [3.63, 3.8) is 0 Å². The lowest BCUT2D eigenvalue weighted by molar-refractivity contribution is -0.117. The Kier molecular flexibility index (Phi) is 7.72. The van der Waals surface area contributed by atoms with Crippen molar-refractivity contribution in [3.05, 3.63) is 42.0 Å². The van der Waals surface area contributed by atoms with Gasteiger partial charge >= 0.3 is 0 Å². The third kappa shape index (κ3) is 7.63. The molecule has 1 aromatic rings. The summed E-state index contributed by atoms with van der Waals surface area (Å²) in [6.07, 6.45) is 0.856. The number of ether oxygens (including phenoxy) is 1. The molecule has 0 heterocycles. The van der Waals surface area contributed by atoms with Gasteiger partial charge in [-0.1, -0.05) is 44.2 Å². The number of carbonyl (C=O) groups is 1. The van der Waals surface area contributed by atoms with Crippen molar-refractivity contribution < 1.29 is 14.6 Å². The Balaban J connectivity index is 2.33. The molecule has 0 radical (unpaired) electrons. The Hall–Kier alpha value is -1.65. The van der Waals surface area contributed by atoms with Crippen LogP contribution >= 0.6 is 0 Å². The maximum atomic E-state index is 11.8. The number of benzene rings is 1. The molecular formula is C17H25NO3. The van der Waals surface area contributed by atoms with E-state index in [-0.39, 0.29) is 19.1 Å². The van der Waals surface area contributed by atoms with E-state index in [2.05, 4.69) is 5.32 Å². The minimum atomic E-state index is -0.682. The number of allylic oxidation sites excluding steroid dienone is 1. The average Bonchev–Trinajstić information content (AvgIpc) is 2.45. The maximum absolute atomic E-state index is 11.8. The summed E-state index contributed by atoms with van der Waals surface area (Å²) in [4.78, 5) is 11.8. The molecule has 4 nitrogen and oxygen atoms in total. The summed E-state index contributed by atoms with van der Waals surface area (Å²) < 4.78 is 5.32. The van der Waals surface area contributed by atoms with Crippen molar-refractivity contribution in [2.45, 2.75) is 26.9 Å². The molecule has 1 atom stereocenters. The number of hydrogen-bond donors (Lipinski definition) is 2. The van der Waals surface area contributed by atoms with Crippen LogP contribution in [0.2, 0.25) is 0 Å². The summed E-state index contributed by atoms with van der Waals surface area (Å²) in [7, 11) is 0. The highest BCUT2D eigenvalue weighted by atomic mass is 16.5. The molecule has 21 heavy (non-hydrogen) atoms. The number of carbonyl (C=O) groups excluding carboxylic acids is 1. The molecule has 0 saturated carbocycles. The topological polar surface area (TPSA) is 58.6 Å². The molecule has 2 N–H and O–H groups in total. The number of rotatable bonds is 8. The van der Waals surface area contributed by atoms with Crippen LogP contribution < -0.4 is 5.32 Å². The van der Waals surface area contributed by atoms with Crippen LogP contribution in [0, 0.1) is 5.92 Å². The van der Waals surface area contributed by atoms with Crippen LogP contribution in [-0.4, -0.2) is 36.9 Å². The van der Waals surface area contributed by atoms with Crippen LogP contribution in [0.15, 0.2) is 36.4 Å². The third-order valence-corrected chi connectivity index (χ3v) is 2.85. The molecule has 0 spiro atoms. The summed E-state index contributed by atoms with van der Waals surface area (Å²) in [6, 6.07) is 9.70. The van der Waals surface area contributed by atoms with Gasteiger partial charge in [-0.15, -0.1) is 0 Å². The normalized spacial score (nSPS) is 13.3. The standard InChI is InChI=1S/C17H25NO3/c1-13(2)11-21-12-16(19)10-18-17(20)9-14(3)15-7-5-4-6-8-15/h4-9,13,16,19H,10-12H2,1-3H3,(H,18,20). The van der Waals surface area contributed by atoms with Crippen molar-refractivity contribution in [2.24, 2.45) is 5.92 Å². The van der Waals surface area contributed by atoms with E-state index in [9.17, 15) is 9.90 Å². The molecule has 116 valence electrons. The van der Waals surface area contributed by atoms with Crippen molar-refractivity contribution in [2.75, 3.05) is 19.8 Å². The molecule has 0 aromatic heterocycles. The van der Waals surface area contributed by atoms with E-state index < -0.39 is 6.10 Å². The summed E-state index contributed by atoms with van der Waals surface area (Å²) in [6.45, 7) is 7.01. The summed E-state index contributed by atoms with van der Waals surface area (Å²) >= 11 is 0. The van der Waals surface area contributed by atoms with E-state index in [1.807, 2.05) is 51.1 Å². The first-order valence-electron chi connectivity index (χ1n) is 7.26. The fourth-order valence-corrected chi connectivity index (χ4v) is 1.75. The summed E-state index contributed by atoms with van der Waals surface area (Å²) in [5.41, 5.74) is 1.90. The molecule has 0 bridgehead atoms. The van der Waals surface area contributed by atoms with Crippen LogP contribution in [-0.2, 0) is 9.53 Å². The predicted molar refractivity (Wildman–Crippen MR) is 84.8 cm³/mol. The largest absolute Gasteiger partial charge is 0.389 e. The van der Waals surface area contributed by atoms with Crippen LogP contribution in [0.3, 0.4) is 0 Å². The zero-order chi connectivity index (χ0) is 15.7. The average molecular weight is 291 g/mol. The van der Waals surface area contributed by atoms with Gasteiger partial charge in [0.15, 0.2) is 0 Å². The van der Waals surface area contributed by atoms with E-state index in [0.717, 1.165) is 11.1 Å². The SMILES string of the molecule is CC(=CC(=O)NCC(O)COCC(C)C)c1ccccc1. The molecule has 0 aliphatic rings. The molecule has 1 unspecified atom stereocenters. The highest BCUT2D eigenvalue weighted by molar-refractivity contribution is 5.94. The number of hydrogen-bond acceptors (Lipinski definition) is 3. The van der Waals surface area contributed by atoms with E-state index in [1.165, 1.54) is 6.08 Å². The van der Waals surface area contributed by atoms with Gasteiger partial charge in [-0.3, -0.25) is 4.79 Å². The smallest absolute Gasteiger partial charge is 0.244 e. The second kappa shape index (κ2) is 9.32. The molecule has 0 aliphatic carbocycles.